The SMILES string of the molecule is CCCNCc1cnc(N2CCS(=O)CC2)s1. The van der Waals surface area contributed by atoms with Crippen LogP contribution < -0.4 is 10.2 Å². The van der Waals surface area contributed by atoms with Gasteiger partial charge in [0.25, 0.3) is 0 Å². The largest absolute Gasteiger partial charge is 0.346 e. The summed E-state index contributed by atoms with van der Waals surface area (Å²) in [6, 6.07) is 0. The zero-order valence-electron chi connectivity index (χ0n) is 10.1. The molecule has 1 N–H and O–H groups in total. The van der Waals surface area contributed by atoms with Crippen molar-refractivity contribution in [3.05, 3.63) is 11.1 Å². The van der Waals surface area contributed by atoms with Gasteiger partial charge in [0.05, 0.1) is 0 Å². The number of hydrogen-bond acceptors (Lipinski definition) is 5. The molecule has 0 aromatic carbocycles. The molecule has 17 heavy (non-hydrogen) atoms. The molecule has 0 radical (unpaired) electrons. The van der Waals surface area contributed by atoms with E-state index in [1.807, 2.05) is 6.20 Å². The molecule has 96 valence electrons. The number of rotatable bonds is 5. The molecule has 6 heteroatoms. The zero-order valence-corrected chi connectivity index (χ0v) is 11.8. The van der Waals surface area contributed by atoms with Crippen LogP contribution in [0.3, 0.4) is 0 Å². The lowest BCUT2D eigenvalue weighted by molar-refractivity contribution is 0.673. The summed E-state index contributed by atoms with van der Waals surface area (Å²) >= 11 is 1.74. The molecular weight excluding hydrogens is 254 g/mol. The molecule has 1 saturated heterocycles. The normalized spacial score (nSPS) is 17.6. The van der Waals surface area contributed by atoms with Gasteiger partial charge in [-0.25, -0.2) is 4.98 Å². The van der Waals surface area contributed by atoms with E-state index in [4.69, 9.17) is 0 Å². The number of nitrogens with one attached hydrogen (secondary N) is 1. The Hall–Kier alpha value is -0.460. The molecular formula is C11H19N3OS2. The Labute approximate surface area is 109 Å². The highest BCUT2D eigenvalue weighted by Gasteiger charge is 2.17. The van der Waals surface area contributed by atoms with Crippen molar-refractivity contribution in [3.8, 4) is 0 Å². The van der Waals surface area contributed by atoms with Crippen LogP contribution in [0.4, 0.5) is 5.13 Å². The summed E-state index contributed by atoms with van der Waals surface area (Å²) in [5.41, 5.74) is 0. The van der Waals surface area contributed by atoms with E-state index >= 15 is 0 Å². The van der Waals surface area contributed by atoms with Crippen LogP contribution in [0.5, 0.6) is 0 Å². The molecule has 1 fully saturated rings. The summed E-state index contributed by atoms with van der Waals surface area (Å²) in [6.07, 6.45) is 3.11. The Morgan fingerprint density at radius 3 is 3.00 bits per heavy atom. The highest BCUT2D eigenvalue weighted by Crippen LogP contribution is 2.23. The van der Waals surface area contributed by atoms with Crippen molar-refractivity contribution in [3.63, 3.8) is 0 Å². The quantitative estimate of drug-likeness (QED) is 0.819. The maximum absolute atomic E-state index is 11.3. The molecule has 2 heterocycles. The first kappa shape index (κ1) is 13.0. The molecule has 0 amide bonds. The maximum Gasteiger partial charge on any atom is 0.185 e. The first-order valence-electron chi connectivity index (χ1n) is 6.05. The van der Waals surface area contributed by atoms with Crippen LogP contribution in [0, 0.1) is 0 Å². The minimum Gasteiger partial charge on any atom is -0.346 e. The number of nitrogens with zero attached hydrogens (tertiary/aromatic N) is 2. The summed E-state index contributed by atoms with van der Waals surface area (Å²) in [6.45, 7) is 5.88. The summed E-state index contributed by atoms with van der Waals surface area (Å²) in [7, 11) is -0.611. The van der Waals surface area contributed by atoms with E-state index < -0.39 is 10.8 Å². The molecule has 2 rings (SSSR count). The number of hydrogen-bond donors (Lipinski definition) is 1. The third-order valence-electron chi connectivity index (χ3n) is 2.72. The minimum atomic E-state index is -0.611. The van der Waals surface area contributed by atoms with Crippen LogP contribution in [-0.4, -0.2) is 40.3 Å². The summed E-state index contributed by atoms with van der Waals surface area (Å²) in [5, 5.41) is 4.46. The lowest BCUT2D eigenvalue weighted by Crippen LogP contribution is -2.37. The van der Waals surface area contributed by atoms with Crippen molar-refractivity contribution < 1.29 is 4.21 Å². The third kappa shape index (κ3) is 3.76. The average Bonchev–Trinajstić information content (AvgIpc) is 2.79. The number of aromatic nitrogens is 1. The van der Waals surface area contributed by atoms with Crippen LogP contribution in [0.1, 0.15) is 18.2 Å². The van der Waals surface area contributed by atoms with Crippen LogP contribution in [0.2, 0.25) is 0 Å². The van der Waals surface area contributed by atoms with Crippen molar-refractivity contribution in [2.45, 2.75) is 19.9 Å². The van der Waals surface area contributed by atoms with Gasteiger partial charge in [0.1, 0.15) is 0 Å². The summed E-state index contributed by atoms with van der Waals surface area (Å²) < 4.78 is 11.3. The fraction of sp³-hybridized carbons (Fsp3) is 0.727. The molecule has 0 atom stereocenters. The van der Waals surface area contributed by atoms with E-state index in [1.54, 1.807) is 11.3 Å². The average molecular weight is 273 g/mol. The summed E-state index contributed by atoms with van der Waals surface area (Å²) in [5.74, 6) is 1.56. The zero-order chi connectivity index (χ0) is 12.1. The van der Waals surface area contributed by atoms with Crippen molar-refractivity contribution in [1.29, 1.82) is 0 Å². The molecule has 0 bridgehead atoms. The fourth-order valence-electron chi connectivity index (χ4n) is 1.74. The molecule has 1 aromatic rings. The van der Waals surface area contributed by atoms with Crippen LogP contribution >= 0.6 is 11.3 Å². The van der Waals surface area contributed by atoms with Crippen LogP contribution in [0.25, 0.3) is 0 Å². The van der Waals surface area contributed by atoms with Gasteiger partial charge >= 0.3 is 0 Å². The molecule has 1 aliphatic heterocycles. The minimum absolute atomic E-state index is 0.611. The Kier molecular flexibility index (Phi) is 4.94. The lowest BCUT2D eigenvalue weighted by atomic mass is 10.4. The standard InChI is InChI=1S/C11H19N3OS2/c1-2-3-12-8-10-9-13-11(16-10)14-4-6-17(15)7-5-14/h9,12H,2-8H2,1H3. The fourth-order valence-corrected chi connectivity index (χ4v) is 3.73. The predicted octanol–water partition coefficient (Wildman–Crippen LogP) is 1.21. The van der Waals surface area contributed by atoms with E-state index in [-0.39, 0.29) is 0 Å². The molecule has 0 unspecified atom stereocenters. The van der Waals surface area contributed by atoms with Gasteiger partial charge in [0.15, 0.2) is 5.13 Å². The van der Waals surface area contributed by atoms with E-state index in [9.17, 15) is 4.21 Å². The van der Waals surface area contributed by atoms with E-state index in [0.717, 1.165) is 49.2 Å². The van der Waals surface area contributed by atoms with Gasteiger partial charge in [-0.2, -0.15) is 0 Å². The third-order valence-corrected chi connectivity index (χ3v) is 5.05. The van der Waals surface area contributed by atoms with E-state index in [1.165, 1.54) is 4.88 Å². The molecule has 0 spiro atoms. The van der Waals surface area contributed by atoms with Crippen LogP contribution in [-0.2, 0) is 17.3 Å². The van der Waals surface area contributed by atoms with Gasteiger partial charge in [-0.15, -0.1) is 11.3 Å². The second kappa shape index (κ2) is 6.47. The maximum atomic E-state index is 11.3. The highest BCUT2D eigenvalue weighted by molar-refractivity contribution is 7.85. The second-order valence-electron chi connectivity index (χ2n) is 4.12. The van der Waals surface area contributed by atoms with Crippen molar-refractivity contribution >= 4 is 27.3 Å². The number of anilines is 1. The first-order valence-corrected chi connectivity index (χ1v) is 8.35. The van der Waals surface area contributed by atoms with Gasteiger partial charge in [-0.05, 0) is 13.0 Å². The summed E-state index contributed by atoms with van der Waals surface area (Å²) in [4.78, 5) is 7.97. The monoisotopic (exact) mass is 273 g/mol. The van der Waals surface area contributed by atoms with Gasteiger partial charge < -0.3 is 10.2 Å². The molecule has 4 nitrogen and oxygen atoms in total. The molecule has 0 saturated carbocycles. The molecule has 1 aliphatic rings. The van der Waals surface area contributed by atoms with Gasteiger partial charge in [0, 0.05) is 53.0 Å². The van der Waals surface area contributed by atoms with Gasteiger partial charge in [-0.3, -0.25) is 4.21 Å². The van der Waals surface area contributed by atoms with Gasteiger partial charge in [0.2, 0.25) is 0 Å². The highest BCUT2D eigenvalue weighted by atomic mass is 32.2. The molecule has 0 aliphatic carbocycles. The Morgan fingerprint density at radius 2 is 2.29 bits per heavy atom. The van der Waals surface area contributed by atoms with Crippen molar-refractivity contribution in [2.24, 2.45) is 0 Å². The topological polar surface area (TPSA) is 45.2 Å². The van der Waals surface area contributed by atoms with E-state index in [0.29, 0.717) is 0 Å². The van der Waals surface area contributed by atoms with Crippen molar-refractivity contribution in [2.75, 3.05) is 36.0 Å². The van der Waals surface area contributed by atoms with Crippen molar-refractivity contribution in [1.82, 2.24) is 10.3 Å². The first-order chi connectivity index (χ1) is 8.29. The van der Waals surface area contributed by atoms with E-state index in [2.05, 4.69) is 22.1 Å². The Morgan fingerprint density at radius 1 is 1.53 bits per heavy atom. The lowest BCUT2D eigenvalue weighted by Gasteiger charge is -2.25. The van der Waals surface area contributed by atoms with Gasteiger partial charge in [-0.1, -0.05) is 6.92 Å². The van der Waals surface area contributed by atoms with Crippen LogP contribution in [0.15, 0.2) is 6.20 Å². The molecule has 1 aromatic heterocycles. The second-order valence-corrected chi connectivity index (χ2v) is 6.91. The number of thiazole rings is 1. The Balaban J connectivity index is 1.87. The predicted molar refractivity (Wildman–Crippen MR) is 74.2 cm³/mol. The smallest absolute Gasteiger partial charge is 0.185 e. The Bertz CT molecular complexity index is 371.